The van der Waals surface area contributed by atoms with Crippen LogP contribution in [-0.4, -0.2) is 45.3 Å². The molecule has 0 bridgehead atoms. The van der Waals surface area contributed by atoms with Crippen molar-refractivity contribution in [3.63, 3.8) is 0 Å². The summed E-state index contributed by atoms with van der Waals surface area (Å²) >= 11 is 0. The van der Waals surface area contributed by atoms with Crippen LogP contribution in [-0.2, 0) is 4.79 Å². The summed E-state index contributed by atoms with van der Waals surface area (Å²) in [5, 5.41) is 13.8. The molecule has 7 heteroatoms. The van der Waals surface area contributed by atoms with Gasteiger partial charge >= 0.3 is 0 Å². The van der Waals surface area contributed by atoms with Gasteiger partial charge in [0.15, 0.2) is 5.82 Å². The Labute approximate surface area is 146 Å². The third-order valence-corrected chi connectivity index (χ3v) is 4.37. The van der Waals surface area contributed by atoms with Crippen molar-refractivity contribution in [3.05, 3.63) is 42.0 Å². The maximum atomic E-state index is 12.8. The van der Waals surface area contributed by atoms with Crippen molar-refractivity contribution in [1.82, 2.24) is 15.0 Å². The van der Waals surface area contributed by atoms with Crippen LogP contribution < -0.4 is 4.74 Å². The summed E-state index contributed by atoms with van der Waals surface area (Å²) in [6.45, 7) is 4.35. The molecule has 0 saturated carbocycles. The molecular formula is C18H23N3O4. The van der Waals surface area contributed by atoms with Gasteiger partial charge in [0.2, 0.25) is 11.8 Å². The number of amides is 1. The molecule has 1 amide bonds. The van der Waals surface area contributed by atoms with Gasteiger partial charge in [-0.2, -0.15) is 4.98 Å². The highest BCUT2D eigenvalue weighted by Crippen LogP contribution is 2.32. The summed E-state index contributed by atoms with van der Waals surface area (Å²) in [6.07, 6.45) is 0.435. The molecule has 1 saturated heterocycles. The van der Waals surface area contributed by atoms with Gasteiger partial charge in [0.25, 0.3) is 0 Å². The molecule has 1 aliphatic heterocycles. The summed E-state index contributed by atoms with van der Waals surface area (Å²) in [5.74, 6) is 1.44. The number of aromatic nitrogens is 2. The number of benzene rings is 1. The number of hydrogen-bond acceptors (Lipinski definition) is 6. The molecule has 1 N–H and O–H groups in total. The Balaban J connectivity index is 1.58. The van der Waals surface area contributed by atoms with E-state index >= 15 is 0 Å². The summed E-state index contributed by atoms with van der Waals surface area (Å²) in [7, 11) is 0. The number of carbonyl (C=O) groups excluding carboxylic acids is 1. The predicted molar refractivity (Wildman–Crippen MR) is 89.8 cm³/mol. The normalized spacial score (nSPS) is 21.3. The maximum Gasteiger partial charge on any atom is 0.249 e. The lowest BCUT2D eigenvalue weighted by Gasteiger charge is -2.25. The van der Waals surface area contributed by atoms with Gasteiger partial charge in [-0.05, 0) is 25.5 Å². The van der Waals surface area contributed by atoms with Crippen molar-refractivity contribution in [3.8, 4) is 5.75 Å². The molecule has 3 atom stereocenters. The van der Waals surface area contributed by atoms with Crippen LogP contribution >= 0.6 is 0 Å². The van der Waals surface area contributed by atoms with Crippen LogP contribution in [0, 0.1) is 12.8 Å². The molecule has 2 heterocycles. The minimum Gasteiger partial charge on any atom is -0.494 e. The number of β-amino-alcohol motifs (C(OH)–C–C–N with tert-alkyl or cyclic N) is 1. The van der Waals surface area contributed by atoms with E-state index in [-0.39, 0.29) is 24.4 Å². The van der Waals surface area contributed by atoms with Crippen LogP contribution in [0.1, 0.15) is 37.5 Å². The average molecular weight is 345 g/mol. The lowest BCUT2D eigenvalue weighted by Crippen LogP contribution is -2.36. The van der Waals surface area contributed by atoms with E-state index in [0.717, 1.165) is 5.75 Å². The second-order valence-corrected chi connectivity index (χ2v) is 6.43. The standard InChI is InChI=1S/C18H23N3O4/c1-12(8-9-24-15-6-4-3-5-7-15)18(23)21-11-14(22)10-16(21)17-19-13(2)20-25-17/h3-7,12,14,16,22H,8-11H2,1-2H3/t12-,14+,16+/m0/s1. The molecule has 1 aromatic carbocycles. The molecule has 3 rings (SSSR count). The largest absolute Gasteiger partial charge is 0.494 e. The first-order chi connectivity index (χ1) is 12.0. The Hall–Kier alpha value is -2.41. The minimum absolute atomic E-state index is 0.0333. The predicted octanol–water partition coefficient (Wildman–Crippen LogP) is 2.12. The molecule has 25 heavy (non-hydrogen) atoms. The van der Waals surface area contributed by atoms with Gasteiger partial charge in [-0.1, -0.05) is 30.3 Å². The van der Waals surface area contributed by atoms with Crippen LogP contribution in [0.2, 0.25) is 0 Å². The fourth-order valence-electron chi connectivity index (χ4n) is 3.02. The zero-order valence-electron chi connectivity index (χ0n) is 14.5. The SMILES string of the molecule is Cc1noc([C@H]2C[C@@H](O)CN2C(=O)[C@@H](C)CCOc2ccccc2)n1. The van der Waals surface area contributed by atoms with Crippen LogP contribution in [0.5, 0.6) is 5.75 Å². The molecule has 7 nitrogen and oxygen atoms in total. The van der Waals surface area contributed by atoms with Crippen LogP contribution in [0.25, 0.3) is 0 Å². The van der Waals surface area contributed by atoms with E-state index in [1.807, 2.05) is 37.3 Å². The van der Waals surface area contributed by atoms with Crippen molar-refractivity contribution < 1.29 is 19.2 Å². The third-order valence-electron chi connectivity index (χ3n) is 4.37. The molecular weight excluding hydrogens is 322 g/mol. The molecule has 1 fully saturated rings. The summed E-state index contributed by atoms with van der Waals surface area (Å²) in [6, 6.07) is 9.16. The molecule has 134 valence electrons. The van der Waals surface area contributed by atoms with Gasteiger partial charge in [0.05, 0.1) is 12.7 Å². The highest BCUT2D eigenvalue weighted by molar-refractivity contribution is 5.79. The van der Waals surface area contributed by atoms with Crippen LogP contribution in [0.3, 0.4) is 0 Å². The zero-order valence-corrected chi connectivity index (χ0v) is 14.5. The van der Waals surface area contributed by atoms with Crippen molar-refractivity contribution in [1.29, 1.82) is 0 Å². The maximum absolute atomic E-state index is 12.8. The zero-order chi connectivity index (χ0) is 17.8. The molecule has 1 aliphatic rings. The van der Waals surface area contributed by atoms with Crippen molar-refractivity contribution in [2.24, 2.45) is 5.92 Å². The lowest BCUT2D eigenvalue weighted by atomic mass is 10.1. The molecule has 0 aliphatic carbocycles. The van der Waals surface area contributed by atoms with Gasteiger partial charge in [-0.15, -0.1) is 0 Å². The molecule has 1 aromatic heterocycles. The summed E-state index contributed by atoms with van der Waals surface area (Å²) < 4.78 is 10.9. The highest BCUT2D eigenvalue weighted by atomic mass is 16.5. The Morgan fingerprint density at radius 2 is 2.20 bits per heavy atom. The topological polar surface area (TPSA) is 88.7 Å². The van der Waals surface area contributed by atoms with Gasteiger partial charge < -0.3 is 19.3 Å². The van der Waals surface area contributed by atoms with E-state index in [9.17, 15) is 9.90 Å². The fraction of sp³-hybridized carbons (Fsp3) is 0.500. The Kier molecular flexibility index (Phi) is 5.33. The molecule has 0 unspecified atom stereocenters. The number of para-hydroxylation sites is 1. The Bertz CT molecular complexity index is 703. The highest BCUT2D eigenvalue weighted by Gasteiger charge is 2.39. The van der Waals surface area contributed by atoms with Crippen molar-refractivity contribution in [2.75, 3.05) is 13.2 Å². The number of aryl methyl sites for hydroxylation is 1. The van der Waals surface area contributed by atoms with E-state index in [0.29, 0.717) is 31.2 Å². The van der Waals surface area contributed by atoms with Crippen molar-refractivity contribution in [2.45, 2.75) is 38.8 Å². The number of carbonyl (C=O) groups is 1. The van der Waals surface area contributed by atoms with E-state index < -0.39 is 6.10 Å². The number of aliphatic hydroxyl groups excluding tert-OH is 1. The Morgan fingerprint density at radius 3 is 2.88 bits per heavy atom. The van der Waals surface area contributed by atoms with Crippen LogP contribution in [0.15, 0.2) is 34.9 Å². The molecule has 0 radical (unpaired) electrons. The van der Waals surface area contributed by atoms with Crippen molar-refractivity contribution >= 4 is 5.91 Å². The van der Waals surface area contributed by atoms with Gasteiger partial charge in [-0.25, -0.2) is 0 Å². The van der Waals surface area contributed by atoms with Gasteiger partial charge in [0, 0.05) is 18.9 Å². The van der Waals surface area contributed by atoms with Crippen LogP contribution in [0.4, 0.5) is 0 Å². The van der Waals surface area contributed by atoms with E-state index in [4.69, 9.17) is 9.26 Å². The van der Waals surface area contributed by atoms with Gasteiger partial charge in [-0.3, -0.25) is 4.79 Å². The second kappa shape index (κ2) is 7.65. The smallest absolute Gasteiger partial charge is 0.249 e. The first-order valence-electron chi connectivity index (χ1n) is 8.51. The number of likely N-dealkylation sites (tertiary alicyclic amines) is 1. The monoisotopic (exact) mass is 345 g/mol. The van der Waals surface area contributed by atoms with E-state index in [2.05, 4.69) is 10.1 Å². The number of ether oxygens (including phenoxy) is 1. The Morgan fingerprint density at radius 1 is 1.44 bits per heavy atom. The minimum atomic E-state index is -0.575. The number of rotatable bonds is 6. The fourth-order valence-corrected chi connectivity index (χ4v) is 3.02. The van der Waals surface area contributed by atoms with E-state index in [1.54, 1.807) is 11.8 Å². The third kappa shape index (κ3) is 4.17. The summed E-state index contributed by atoms with van der Waals surface area (Å²) in [4.78, 5) is 18.7. The first kappa shape index (κ1) is 17.4. The number of nitrogens with zero attached hydrogens (tertiary/aromatic N) is 3. The second-order valence-electron chi connectivity index (χ2n) is 6.43. The molecule has 0 spiro atoms. The summed E-state index contributed by atoms with van der Waals surface area (Å²) in [5.41, 5.74) is 0. The lowest BCUT2D eigenvalue weighted by molar-refractivity contribution is -0.137. The quantitative estimate of drug-likeness (QED) is 0.863. The van der Waals surface area contributed by atoms with E-state index in [1.165, 1.54) is 0 Å². The number of aliphatic hydroxyl groups is 1. The average Bonchev–Trinajstić information content (AvgIpc) is 3.20. The van der Waals surface area contributed by atoms with Gasteiger partial charge in [0.1, 0.15) is 11.8 Å². The number of hydrogen-bond donors (Lipinski definition) is 1. The first-order valence-corrected chi connectivity index (χ1v) is 8.51. The molecule has 2 aromatic rings.